The van der Waals surface area contributed by atoms with Crippen LogP contribution >= 0.6 is 0 Å². The molecule has 2 rings (SSSR count). The molecule has 0 amide bonds. The number of phenols is 1. The Bertz CT molecular complexity index is 559. The molecule has 0 bridgehead atoms. The van der Waals surface area contributed by atoms with Gasteiger partial charge in [-0.05, 0) is 17.5 Å². The van der Waals surface area contributed by atoms with Gasteiger partial charge < -0.3 is 15.2 Å². The van der Waals surface area contributed by atoms with Crippen molar-refractivity contribution in [1.29, 1.82) is 0 Å². The number of nitro benzene ring substituents is 1. The molecule has 0 radical (unpaired) electrons. The Hall–Kier alpha value is -1.86. The number of methoxy groups -OCH3 is 1. The molecule has 0 aromatic heterocycles. The van der Waals surface area contributed by atoms with Gasteiger partial charge in [-0.1, -0.05) is 20.3 Å². The van der Waals surface area contributed by atoms with Crippen molar-refractivity contribution in [1.82, 2.24) is 10.2 Å². The average Bonchev–Trinajstić information content (AvgIpc) is 2.56. The van der Waals surface area contributed by atoms with Gasteiger partial charge in [-0.2, -0.15) is 0 Å². The molecule has 23 heavy (non-hydrogen) atoms. The highest BCUT2D eigenvalue weighted by Gasteiger charge is 2.30. The molecule has 1 aromatic carbocycles. The van der Waals surface area contributed by atoms with E-state index in [-0.39, 0.29) is 17.5 Å². The summed E-state index contributed by atoms with van der Waals surface area (Å²) in [4.78, 5) is 13.0. The molecule has 1 unspecified atom stereocenters. The maximum absolute atomic E-state index is 11.2. The van der Waals surface area contributed by atoms with Crippen LogP contribution in [0.2, 0.25) is 0 Å². The third-order valence-corrected chi connectivity index (χ3v) is 4.56. The van der Waals surface area contributed by atoms with Crippen molar-refractivity contribution >= 4 is 5.69 Å². The molecule has 1 aromatic rings. The third-order valence-electron chi connectivity index (χ3n) is 4.56. The Morgan fingerprint density at radius 1 is 1.43 bits per heavy atom. The standard InChI is InChI=1S/C16H25N3O4/c1-4-11(2)15(18-7-5-17-6-8-18)12-9-13(19(21)22)16(20)14(10-12)23-3/h9-11,15,17,20H,4-8H2,1-3H3/t11?,15-/m0/s1. The maximum atomic E-state index is 11.2. The van der Waals surface area contributed by atoms with Gasteiger partial charge in [0.05, 0.1) is 12.0 Å². The zero-order valence-electron chi connectivity index (χ0n) is 13.9. The molecule has 1 heterocycles. The van der Waals surface area contributed by atoms with Crippen LogP contribution in [0.5, 0.6) is 11.5 Å². The Labute approximate surface area is 136 Å². The van der Waals surface area contributed by atoms with Crippen LogP contribution in [0.4, 0.5) is 5.69 Å². The lowest BCUT2D eigenvalue weighted by Gasteiger charge is -2.38. The monoisotopic (exact) mass is 323 g/mol. The van der Waals surface area contributed by atoms with Gasteiger partial charge in [0.2, 0.25) is 5.75 Å². The van der Waals surface area contributed by atoms with Crippen LogP contribution in [0.15, 0.2) is 12.1 Å². The smallest absolute Gasteiger partial charge is 0.314 e. The summed E-state index contributed by atoms with van der Waals surface area (Å²) >= 11 is 0. The van der Waals surface area contributed by atoms with E-state index in [4.69, 9.17) is 4.74 Å². The van der Waals surface area contributed by atoms with Gasteiger partial charge in [0.25, 0.3) is 0 Å². The normalized spacial score (nSPS) is 18.4. The summed E-state index contributed by atoms with van der Waals surface area (Å²) in [6.45, 7) is 7.87. The number of ether oxygens (including phenoxy) is 1. The largest absolute Gasteiger partial charge is 0.500 e. The molecule has 0 spiro atoms. The van der Waals surface area contributed by atoms with E-state index >= 15 is 0 Å². The molecule has 1 aliphatic rings. The lowest BCUT2D eigenvalue weighted by atomic mass is 9.90. The maximum Gasteiger partial charge on any atom is 0.314 e. The first-order valence-electron chi connectivity index (χ1n) is 7.99. The Morgan fingerprint density at radius 3 is 2.61 bits per heavy atom. The summed E-state index contributed by atoms with van der Waals surface area (Å²) in [5, 5.41) is 24.6. The highest BCUT2D eigenvalue weighted by atomic mass is 16.6. The van der Waals surface area contributed by atoms with Gasteiger partial charge in [0, 0.05) is 38.3 Å². The van der Waals surface area contributed by atoms with Crippen LogP contribution in [-0.4, -0.2) is 48.2 Å². The van der Waals surface area contributed by atoms with Crippen LogP contribution < -0.4 is 10.1 Å². The highest BCUT2D eigenvalue weighted by Crippen LogP contribution is 2.41. The third kappa shape index (κ3) is 3.73. The van der Waals surface area contributed by atoms with Crippen molar-refractivity contribution in [3.63, 3.8) is 0 Å². The van der Waals surface area contributed by atoms with E-state index in [9.17, 15) is 15.2 Å². The summed E-state index contributed by atoms with van der Waals surface area (Å²) in [5.74, 6) is 0.0732. The van der Waals surface area contributed by atoms with Gasteiger partial charge in [0.15, 0.2) is 5.75 Å². The first-order chi connectivity index (χ1) is 11.0. The van der Waals surface area contributed by atoms with E-state index in [1.165, 1.54) is 13.2 Å². The van der Waals surface area contributed by atoms with E-state index in [0.29, 0.717) is 5.92 Å². The first-order valence-corrected chi connectivity index (χ1v) is 7.99. The van der Waals surface area contributed by atoms with Crippen molar-refractivity contribution in [2.24, 2.45) is 5.92 Å². The summed E-state index contributed by atoms with van der Waals surface area (Å²) in [6.07, 6.45) is 0.964. The number of hydrogen-bond donors (Lipinski definition) is 2. The molecule has 2 N–H and O–H groups in total. The van der Waals surface area contributed by atoms with Crippen LogP contribution in [0.25, 0.3) is 0 Å². The number of nitro groups is 1. The van der Waals surface area contributed by atoms with Crippen LogP contribution in [-0.2, 0) is 0 Å². The van der Waals surface area contributed by atoms with Crippen molar-refractivity contribution in [3.8, 4) is 11.5 Å². The predicted octanol–water partition coefficient (Wildman–Crippen LogP) is 2.30. The minimum atomic E-state index is -0.563. The summed E-state index contributed by atoms with van der Waals surface area (Å²) in [5.41, 5.74) is 0.519. The molecular formula is C16H25N3O4. The number of rotatable bonds is 6. The summed E-state index contributed by atoms with van der Waals surface area (Å²) in [6, 6.07) is 3.27. The number of benzene rings is 1. The number of nitrogens with zero attached hydrogens (tertiary/aromatic N) is 2. The van der Waals surface area contributed by atoms with E-state index in [1.807, 2.05) is 0 Å². The second kappa shape index (κ2) is 7.61. The van der Waals surface area contributed by atoms with Gasteiger partial charge >= 0.3 is 5.69 Å². The number of hydrogen-bond acceptors (Lipinski definition) is 6. The van der Waals surface area contributed by atoms with Gasteiger partial charge in [-0.25, -0.2) is 0 Å². The van der Waals surface area contributed by atoms with Crippen LogP contribution in [0, 0.1) is 16.0 Å². The second-order valence-corrected chi connectivity index (χ2v) is 5.96. The first kappa shape index (κ1) is 17.5. The van der Waals surface area contributed by atoms with Gasteiger partial charge in [-0.3, -0.25) is 15.0 Å². The zero-order valence-corrected chi connectivity index (χ0v) is 13.9. The van der Waals surface area contributed by atoms with Gasteiger partial charge in [-0.15, -0.1) is 0 Å². The molecular weight excluding hydrogens is 298 g/mol. The molecule has 0 saturated carbocycles. The van der Waals surface area contributed by atoms with Crippen molar-refractivity contribution in [3.05, 3.63) is 27.8 Å². The van der Waals surface area contributed by atoms with Crippen LogP contribution in [0.3, 0.4) is 0 Å². The van der Waals surface area contributed by atoms with E-state index in [0.717, 1.165) is 38.2 Å². The molecule has 1 fully saturated rings. The Kier molecular flexibility index (Phi) is 5.79. The lowest BCUT2D eigenvalue weighted by Crippen LogP contribution is -2.46. The molecule has 2 atom stereocenters. The topological polar surface area (TPSA) is 87.9 Å². The number of piperazine rings is 1. The minimum Gasteiger partial charge on any atom is -0.500 e. The molecule has 1 saturated heterocycles. The average molecular weight is 323 g/mol. The van der Waals surface area contributed by atoms with E-state index in [1.54, 1.807) is 6.07 Å². The van der Waals surface area contributed by atoms with Crippen LogP contribution in [0.1, 0.15) is 31.9 Å². The fourth-order valence-corrected chi connectivity index (χ4v) is 3.16. The zero-order chi connectivity index (χ0) is 17.0. The quantitative estimate of drug-likeness (QED) is 0.617. The number of phenolic OH excluding ortho intramolecular Hbond substituents is 1. The molecule has 128 valence electrons. The molecule has 7 nitrogen and oxygen atoms in total. The lowest BCUT2D eigenvalue weighted by molar-refractivity contribution is -0.386. The fraction of sp³-hybridized carbons (Fsp3) is 0.625. The van der Waals surface area contributed by atoms with E-state index < -0.39 is 10.7 Å². The van der Waals surface area contributed by atoms with Crippen molar-refractivity contribution in [2.45, 2.75) is 26.3 Å². The summed E-state index contributed by atoms with van der Waals surface area (Å²) in [7, 11) is 1.41. The fourth-order valence-electron chi connectivity index (χ4n) is 3.16. The van der Waals surface area contributed by atoms with Gasteiger partial charge in [0.1, 0.15) is 0 Å². The molecule has 7 heteroatoms. The Balaban J connectivity index is 2.48. The van der Waals surface area contributed by atoms with Crippen molar-refractivity contribution < 1.29 is 14.8 Å². The summed E-state index contributed by atoms with van der Waals surface area (Å²) < 4.78 is 5.14. The predicted molar refractivity (Wildman–Crippen MR) is 88.0 cm³/mol. The Morgan fingerprint density at radius 2 is 2.09 bits per heavy atom. The van der Waals surface area contributed by atoms with E-state index in [2.05, 4.69) is 24.1 Å². The number of aromatic hydroxyl groups is 1. The molecule has 0 aliphatic carbocycles. The minimum absolute atomic E-state index is 0.0651. The number of nitrogens with one attached hydrogen (secondary N) is 1. The second-order valence-electron chi connectivity index (χ2n) is 5.96. The highest BCUT2D eigenvalue weighted by molar-refractivity contribution is 5.57. The molecule has 1 aliphatic heterocycles. The SMILES string of the molecule is CCC(C)[C@@H](c1cc(OC)c(O)c([N+](=O)[O-])c1)N1CCNCC1. The van der Waals surface area contributed by atoms with Crippen molar-refractivity contribution in [2.75, 3.05) is 33.3 Å².